The molecule has 0 radical (unpaired) electrons. The summed E-state index contributed by atoms with van der Waals surface area (Å²) in [5, 5.41) is 13.3. The van der Waals surface area contributed by atoms with Gasteiger partial charge in [-0.3, -0.25) is 0 Å². The van der Waals surface area contributed by atoms with Crippen LogP contribution in [0.25, 0.3) is 21.7 Å². The maximum absolute atomic E-state index is 13.0. The Kier molecular flexibility index (Phi) is 6.29. The monoisotopic (exact) mass is 466 g/mol. The van der Waals surface area contributed by atoms with E-state index in [1.165, 1.54) is 23.5 Å². The highest BCUT2D eigenvalue weighted by molar-refractivity contribution is 7.18. The van der Waals surface area contributed by atoms with Crippen molar-refractivity contribution in [2.45, 2.75) is 13.1 Å². The summed E-state index contributed by atoms with van der Waals surface area (Å²) >= 11 is 1.22. The van der Waals surface area contributed by atoms with Gasteiger partial charge in [-0.25, -0.2) is 9.97 Å². The van der Waals surface area contributed by atoms with Crippen LogP contribution in [-0.4, -0.2) is 16.6 Å². The number of thiophene rings is 1. The molecule has 0 amide bonds. The van der Waals surface area contributed by atoms with Gasteiger partial charge in [-0.2, -0.15) is 18.4 Å². The zero-order chi connectivity index (χ0) is 23.4. The number of hydrogen-bond acceptors (Lipinski definition) is 6. The Balaban J connectivity index is 1.82. The molecule has 0 aliphatic carbocycles. The molecule has 0 spiro atoms. The number of para-hydroxylation sites is 1. The summed E-state index contributed by atoms with van der Waals surface area (Å²) in [6.07, 6.45) is -2.87. The van der Waals surface area contributed by atoms with Gasteiger partial charge in [0.2, 0.25) is 5.95 Å². The number of alkyl halides is 3. The molecule has 0 aliphatic rings. The summed E-state index contributed by atoms with van der Waals surface area (Å²) < 4.78 is 44.8. The summed E-state index contributed by atoms with van der Waals surface area (Å²) in [6, 6.07) is 17.9. The van der Waals surface area contributed by atoms with Crippen LogP contribution in [0.3, 0.4) is 0 Å². The number of rotatable bonds is 6. The van der Waals surface area contributed by atoms with Crippen molar-refractivity contribution in [3.8, 4) is 32.8 Å². The summed E-state index contributed by atoms with van der Waals surface area (Å²) in [4.78, 5) is 9.43. The van der Waals surface area contributed by atoms with Gasteiger partial charge in [0, 0.05) is 17.4 Å². The smallest absolute Gasteiger partial charge is 0.416 e. The fourth-order valence-electron chi connectivity index (χ4n) is 3.22. The largest absolute Gasteiger partial charge is 0.483 e. The molecule has 4 rings (SSSR count). The second-order valence-electron chi connectivity index (χ2n) is 6.85. The molecule has 0 saturated heterocycles. The van der Waals surface area contributed by atoms with E-state index in [1.54, 1.807) is 19.2 Å². The Hall–Kier alpha value is -3.90. The van der Waals surface area contributed by atoms with Crippen molar-refractivity contribution in [1.82, 2.24) is 9.97 Å². The number of nitriles is 1. The van der Waals surface area contributed by atoms with Gasteiger partial charge in [0.05, 0.1) is 22.7 Å². The molecule has 33 heavy (non-hydrogen) atoms. The SMILES string of the molecule is CCOc1sc(-c2ccnc(Nc3ccccc3)n2)c(-c2ccc(C(F)(F)F)cc2)c1C#N. The molecule has 1 N–H and O–H groups in total. The standard InChI is InChI=1S/C24H17F3N4OS/c1-2-32-22-18(14-28)20(15-8-10-16(11-9-15)24(25,26)27)21(33-22)19-12-13-29-23(31-19)30-17-6-4-3-5-7-17/h3-13H,2H2,1H3,(H,29,30,31). The summed E-state index contributed by atoms with van der Waals surface area (Å²) in [6.45, 7) is 2.14. The Morgan fingerprint density at radius 3 is 2.42 bits per heavy atom. The minimum atomic E-state index is -4.45. The number of halogens is 3. The van der Waals surface area contributed by atoms with Crippen LogP contribution < -0.4 is 10.1 Å². The Bertz CT molecular complexity index is 1300. The highest BCUT2D eigenvalue weighted by atomic mass is 32.1. The first-order valence-corrected chi connectivity index (χ1v) is 10.7. The van der Waals surface area contributed by atoms with Crippen molar-refractivity contribution in [2.24, 2.45) is 0 Å². The van der Waals surface area contributed by atoms with Gasteiger partial charge >= 0.3 is 6.18 Å². The number of nitrogens with one attached hydrogen (secondary N) is 1. The third-order valence-corrected chi connectivity index (χ3v) is 5.81. The first kappa shape index (κ1) is 22.3. The van der Waals surface area contributed by atoms with Crippen molar-refractivity contribution < 1.29 is 17.9 Å². The first-order valence-electron chi connectivity index (χ1n) is 9.93. The second-order valence-corrected chi connectivity index (χ2v) is 7.83. The highest BCUT2D eigenvalue weighted by Crippen LogP contribution is 2.47. The molecule has 2 aromatic carbocycles. The van der Waals surface area contributed by atoms with E-state index in [0.29, 0.717) is 39.3 Å². The quantitative estimate of drug-likeness (QED) is 0.335. The predicted octanol–water partition coefficient (Wildman–Crippen LogP) is 6.90. The number of hydrogen-bond donors (Lipinski definition) is 1. The fraction of sp³-hybridized carbons (Fsp3) is 0.125. The maximum Gasteiger partial charge on any atom is 0.416 e. The molecule has 0 fully saturated rings. The lowest BCUT2D eigenvalue weighted by Gasteiger charge is -2.10. The van der Waals surface area contributed by atoms with Gasteiger partial charge < -0.3 is 10.1 Å². The van der Waals surface area contributed by atoms with Crippen LogP contribution in [-0.2, 0) is 6.18 Å². The van der Waals surface area contributed by atoms with Gasteiger partial charge in [0.1, 0.15) is 11.6 Å². The van der Waals surface area contributed by atoms with E-state index in [2.05, 4.69) is 21.4 Å². The number of aromatic nitrogens is 2. The Morgan fingerprint density at radius 1 is 1.06 bits per heavy atom. The molecule has 5 nitrogen and oxygen atoms in total. The third kappa shape index (κ3) is 4.81. The molecule has 0 bridgehead atoms. The summed E-state index contributed by atoms with van der Waals surface area (Å²) in [5.41, 5.74) is 1.76. The zero-order valence-electron chi connectivity index (χ0n) is 17.3. The van der Waals surface area contributed by atoms with E-state index in [4.69, 9.17) is 4.74 Å². The normalized spacial score (nSPS) is 11.1. The fourth-order valence-corrected chi connectivity index (χ4v) is 4.37. The van der Waals surface area contributed by atoms with E-state index in [-0.39, 0.29) is 5.56 Å². The minimum Gasteiger partial charge on any atom is -0.483 e. The average molecular weight is 466 g/mol. The van der Waals surface area contributed by atoms with E-state index in [9.17, 15) is 18.4 Å². The zero-order valence-corrected chi connectivity index (χ0v) is 18.2. The van der Waals surface area contributed by atoms with Crippen LogP contribution in [0.2, 0.25) is 0 Å². The van der Waals surface area contributed by atoms with Crippen LogP contribution in [0, 0.1) is 11.3 Å². The second kappa shape index (κ2) is 9.30. The van der Waals surface area contributed by atoms with Crippen molar-refractivity contribution in [3.05, 3.63) is 78.0 Å². The van der Waals surface area contributed by atoms with Gasteiger partial charge in [0.15, 0.2) is 5.06 Å². The predicted molar refractivity (Wildman–Crippen MR) is 121 cm³/mol. The third-order valence-electron chi connectivity index (χ3n) is 4.68. The van der Waals surface area contributed by atoms with Gasteiger partial charge in [-0.15, -0.1) is 0 Å². The van der Waals surface area contributed by atoms with E-state index in [0.717, 1.165) is 17.8 Å². The van der Waals surface area contributed by atoms with Crippen molar-refractivity contribution in [2.75, 3.05) is 11.9 Å². The molecule has 2 aromatic heterocycles. The molecular formula is C24H17F3N4OS. The van der Waals surface area contributed by atoms with Crippen molar-refractivity contribution in [3.63, 3.8) is 0 Å². The number of nitrogens with zero attached hydrogens (tertiary/aromatic N) is 3. The molecule has 0 saturated carbocycles. The number of anilines is 2. The highest BCUT2D eigenvalue weighted by Gasteiger charge is 2.30. The summed E-state index contributed by atoms with van der Waals surface area (Å²) in [5.74, 6) is 0.349. The Labute approximate surface area is 192 Å². The van der Waals surface area contributed by atoms with E-state index < -0.39 is 11.7 Å². The lowest BCUT2D eigenvalue weighted by atomic mass is 9.99. The average Bonchev–Trinajstić information content (AvgIpc) is 3.18. The molecule has 9 heteroatoms. The van der Waals surface area contributed by atoms with Gasteiger partial charge in [-0.05, 0) is 42.8 Å². The Morgan fingerprint density at radius 2 is 1.79 bits per heavy atom. The number of ether oxygens (including phenoxy) is 1. The topological polar surface area (TPSA) is 70.8 Å². The van der Waals surface area contributed by atoms with Gasteiger partial charge in [0.25, 0.3) is 0 Å². The number of benzene rings is 2. The lowest BCUT2D eigenvalue weighted by Crippen LogP contribution is -2.04. The molecule has 2 heterocycles. The minimum absolute atomic E-state index is 0.257. The van der Waals surface area contributed by atoms with Crippen LogP contribution in [0.15, 0.2) is 66.9 Å². The first-order chi connectivity index (χ1) is 15.9. The van der Waals surface area contributed by atoms with Crippen molar-refractivity contribution >= 4 is 23.0 Å². The van der Waals surface area contributed by atoms with E-state index >= 15 is 0 Å². The molecule has 0 atom stereocenters. The summed E-state index contributed by atoms with van der Waals surface area (Å²) in [7, 11) is 0. The van der Waals surface area contributed by atoms with Crippen LogP contribution in [0.1, 0.15) is 18.1 Å². The van der Waals surface area contributed by atoms with Crippen molar-refractivity contribution in [1.29, 1.82) is 5.26 Å². The lowest BCUT2D eigenvalue weighted by molar-refractivity contribution is -0.137. The van der Waals surface area contributed by atoms with Gasteiger partial charge in [-0.1, -0.05) is 41.7 Å². The molecule has 4 aromatic rings. The van der Waals surface area contributed by atoms with Crippen LogP contribution in [0.5, 0.6) is 5.06 Å². The van der Waals surface area contributed by atoms with Crippen LogP contribution >= 0.6 is 11.3 Å². The van der Waals surface area contributed by atoms with Crippen LogP contribution in [0.4, 0.5) is 24.8 Å². The molecular weight excluding hydrogens is 449 g/mol. The van der Waals surface area contributed by atoms with E-state index in [1.807, 2.05) is 30.3 Å². The maximum atomic E-state index is 13.0. The molecule has 0 unspecified atom stereocenters. The molecule has 0 aliphatic heterocycles. The molecule has 166 valence electrons.